The lowest BCUT2D eigenvalue weighted by atomic mass is 9.86. The van der Waals surface area contributed by atoms with Gasteiger partial charge in [-0.05, 0) is 40.9 Å². The summed E-state index contributed by atoms with van der Waals surface area (Å²) in [6.07, 6.45) is -5.63. The molecular formula is C16H13ClF3NO3S. The summed E-state index contributed by atoms with van der Waals surface area (Å²) in [5.74, 6) is -2.46. The van der Waals surface area contributed by atoms with Crippen molar-refractivity contribution in [3.05, 3.63) is 34.2 Å². The van der Waals surface area contributed by atoms with Crippen LogP contribution in [0.5, 0.6) is 0 Å². The molecule has 2 aromatic rings. The molecule has 1 atom stereocenters. The van der Waals surface area contributed by atoms with E-state index < -0.39 is 36.4 Å². The molecule has 25 heavy (non-hydrogen) atoms. The number of halogens is 4. The largest absolute Gasteiger partial charge is 0.481 e. The van der Waals surface area contributed by atoms with Crippen LogP contribution >= 0.6 is 22.9 Å². The first-order valence-corrected chi connectivity index (χ1v) is 8.63. The second-order valence-corrected chi connectivity index (χ2v) is 7.38. The average Bonchev–Trinajstić information content (AvgIpc) is 3.12. The van der Waals surface area contributed by atoms with E-state index >= 15 is 0 Å². The molecule has 1 saturated heterocycles. The van der Waals surface area contributed by atoms with E-state index in [4.69, 9.17) is 16.7 Å². The quantitative estimate of drug-likeness (QED) is 0.861. The SMILES string of the molecule is O=C(Cc1csc2ccc(Cl)cc12)N1CCC(C(=O)O)(C(F)(F)F)C1. The van der Waals surface area contributed by atoms with E-state index in [0.29, 0.717) is 10.6 Å². The van der Waals surface area contributed by atoms with Gasteiger partial charge in [0.1, 0.15) is 0 Å². The highest BCUT2D eigenvalue weighted by Gasteiger charge is 2.64. The number of hydrogen-bond acceptors (Lipinski definition) is 3. The Morgan fingerprint density at radius 1 is 1.36 bits per heavy atom. The van der Waals surface area contributed by atoms with Gasteiger partial charge in [-0.1, -0.05) is 11.6 Å². The first kappa shape index (κ1) is 18.0. The number of nitrogens with zero attached hydrogens (tertiary/aromatic N) is 1. The summed E-state index contributed by atoms with van der Waals surface area (Å²) in [4.78, 5) is 24.6. The molecule has 134 valence electrons. The van der Waals surface area contributed by atoms with Crippen LogP contribution in [0, 0.1) is 5.41 Å². The fourth-order valence-corrected chi connectivity index (χ4v) is 4.13. The van der Waals surface area contributed by atoms with Gasteiger partial charge in [0.05, 0.1) is 6.42 Å². The minimum Gasteiger partial charge on any atom is -0.481 e. The van der Waals surface area contributed by atoms with Gasteiger partial charge in [0.2, 0.25) is 5.91 Å². The van der Waals surface area contributed by atoms with Crippen LogP contribution in [-0.2, 0) is 16.0 Å². The third-order valence-corrected chi connectivity index (χ3v) is 5.78. The van der Waals surface area contributed by atoms with Gasteiger partial charge in [-0.2, -0.15) is 13.2 Å². The smallest absolute Gasteiger partial charge is 0.406 e. The molecule has 1 unspecified atom stereocenters. The lowest BCUT2D eigenvalue weighted by molar-refractivity contribution is -0.227. The number of alkyl halides is 3. The molecule has 1 fully saturated rings. The maximum atomic E-state index is 13.2. The van der Waals surface area contributed by atoms with Crippen molar-refractivity contribution in [2.75, 3.05) is 13.1 Å². The Hall–Kier alpha value is -1.80. The summed E-state index contributed by atoms with van der Waals surface area (Å²) in [5, 5.41) is 12.1. The van der Waals surface area contributed by atoms with Crippen molar-refractivity contribution < 1.29 is 27.9 Å². The first-order valence-electron chi connectivity index (χ1n) is 7.37. The van der Waals surface area contributed by atoms with E-state index in [0.717, 1.165) is 15.0 Å². The fraction of sp³-hybridized carbons (Fsp3) is 0.375. The summed E-state index contributed by atoms with van der Waals surface area (Å²) in [6, 6.07) is 5.24. The van der Waals surface area contributed by atoms with Gasteiger partial charge >= 0.3 is 12.1 Å². The molecule has 0 aliphatic carbocycles. The molecule has 4 nitrogen and oxygen atoms in total. The molecule has 1 amide bonds. The van der Waals surface area contributed by atoms with E-state index in [1.54, 1.807) is 17.5 Å². The van der Waals surface area contributed by atoms with Gasteiger partial charge in [-0.15, -0.1) is 11.3 Å². The monoisotopic (exact) mass is 391 g/mol. The fourth-order valence-electron chi connectivity index (χ4n) is 3.02. The Balaban J connectivity index is 1.80. The van der Waals surface area contributed by atoms with Crippen molar-refractivity contribution in [1.82, 2.24) is 4.90 Å². The van der Waals surface area contributed by atoms with Crippen LogP contribution < -0.4 is 0 Å². The van der Waals surface area contributed by atoms with Crippen LogP contribution in [0.25, 0.3) is 10.1 Å². The highest BCUT2D eigenvalue weighted by atomic mass is 35.5. The third kappa shape index (κ3) is 3.08. The maximum absolute atomic E-state index is 13.2. The van der Waals surface area contributed by atoms with Crippen LogP contribution in [-0.4, -0.2) is 41.1 Å². The van der Waals surface area contributed by atoms with Gasteiger partial charge in [0.25, 0.3) is 0 Å². The molecule has 0 radical (unpaired) electrons. The van der Waals surface area contributed by atoms with Crippen LogP contribution in [0.15, 0.2) is 23.6 Å². The standard InChI is InChI=1S/C16H13ClF3NO3S/c17-10-1-2-12-11(6-10)9(7-25-12)5-13(22)21-4-3-15(8-21,14(23)24)16(18,19)20/h1-2,6-7H,3-5,8H2,(H,23,24). The summed E-state index contributed by atoms with van der Waals surface area (Å²) < 4.78 is 40.5. The third-order valence-electron chi connectivity index (χ3n) is 4.53. The van der Waals surface area contributed by atoms with Gasteiger partial charge in [0.15, 0.2) is 5.41 Å². The predicted octanol–water partition coefficient (Wildman–Crippen LogP) is 3.96. The van der Waals surface area contributed by atoms with Crippen molar-refractivity contribution in [2.24, 2.45) is 5.41 Å². The summed E-state index contributed by atoms with van der Waals surface area (Å²) in [5.41, 5.74) is -2.21. The number of benzene rings is 1. The Kier molecular flexibility index (Phi) is 4.45. The molecule has 0 bridgehead atoms. The molecule has 3 rings (SSSR count). The number of carboxylic acid groups (broad SMARTS) is 1. The van der Waals surface area contributed by atoms with E-state index in [2.05, 4.69) is 0 Å². The van der Waals surface area contributed by atoms with E-state index in [1.165, 1.54) is 11.3 Å². The van der Waals surface area contributed by atoms with Crippen molar-refractivity contribution in [2.45, 2.75) is 19.0 Å². The number of carboxylic acids is 1. The molecular weight excluding hydrogens is 379 g/mol. The minimum absolute atomic E-state index is 0.0894. The summed E-state index contributed by atoms with van der Waals surface area (Å²) >= 11 is 7.37. The number of likely N-dealkylation sites (tertiary alicyclic amines) is 1. The zero-order valence-corrected chi connectivity index (χ0v) is 14.3. The van der Waals surface area contributed by atoms with Gasteiger partial charge < -0.3 is 10.0 Å². The second kappa shape index (κ2) is 6.17. The molecule has 1 aliphatic rings. The van der Waals surface area contributed by atoms with E-state index in [1.807, 2.05) is 6.07 Å². The normalized spacial score (nSPS) is 21.0. The number of aliphatic carboxylic acids is 1. The number of hydrogen-bond donors (Lipinski definition) is 1. The average molecular weight is 392 g/mol. The van der Waals surface area contributed by atoms with Gasteiger partial charge in [0, 0.05) is 22.8 Å². The maximum Gasteiger partial charge on any atom is 0.406 e. The molecule has 1 aromatic heterocycles. The lowest BCUT2D eigenvalue weighted by Crippen LogP contribution is -2.47. The number of rotatable bonds is 3. The van der Waals surface area contributed by atoms with Gasteiger partial charge in [-0.3, -0.25) is 9.59 Å². The van der Waals surface area contributed by atoms with Gasteiger partial charge in [-0.25, -0.2) is 0 Å². The number of fused-ring (bicyclic) bond motifs is 1. The number of carbonyl (C=O) groups excluding carboxylic acids is 1. The Morgan fingerprint density at radius 2 is 2.08 bits per heavy atom. The minimum atomic E-state index is -4.91. The highest BCUT2D eigenvalue weighted by molar-refractivity contribution is 7.17. The zero-order chi connectivity index (χ0) is 18.4. The predicted molar refractivity (Wildman–Crippen MR) is 87.9 cm³/mol. The Morgan fingerprint density at radius 3 is 2.68 bits per heavy atom. The number of thiophene rings is 1. The van der Waals surface area contributed by atoms with Crippen LogP contribution in [0.2, 0.25) is 5.02 Å². The van der Waals surface area contributed by atoms with Crippen molar-refractivity contribution in [1.29, 1.82) is 0 Å². The first-order chi connectivity index (χ1) is 11.6. The molecule has 0 spiro atoms. The molecule has 1 aromatic carbocycles. The summed E-state index contributed by atoms with van der Waals surface area (Å²) in [7, 11) is 0. The van der Waals surface area contributed by atoms with Crippen LogP contribution in [0.3, 0.4) is 0 Å². The van der Waals surface area contributed by atoms with Crippen LogP contribution in [0.1, 0.15) is 12.0 Å². The van der Waals surface area contributed by atoms with Crippen molar-refractivity contribution in [3.8, 4) is 0 Å². The molecule has 9 heteroatoms. The van der Waals surface area contributed by atoms with E-state index in [-0.39, 0.29) is 13.0 Å². The summed E-state index contributed by atoms with van der Waals surface area (Å²) in [6.45, 7) is -1.08. The lowest BCUT2D eigenvalue weighted by Gasteiger charge is -2.27. The Bertz CT molecular complexity index is 851. The van der Waals surface area contributed by atoms with Crippen LogP contribution in [0.4, 0.5) is 13.2 Å². The molecule has 2 heterocycles. The topological polar surface area (TPSA) is 57.6 Å². The molecule has 1 N–H and O–H groups in total. The van der Waals surface area contributed by atoms with E-state index in [9.17, 15) is 22.8 Å². The second-order valence-electron chi connectivity index (χ2n) is 6.03. The number of amides is 1. The van der Waals surface area contributed by atoms with Crippen molar-refractivity contribution in [3.63, 3.8) is 0 Å². The highest BCUT2D eigenvalue weighted by Crippen LogP contribution is 2.46. The molecule has 0 saturated carbocycles. The van der Waals surface area contributed by atoms with Crippen molar-refractivity contribution >= 4 is 44.9 Å². The number of carbonyl (C=O) groups is 2. The zero-order valence-electron chi connectivity index (χ0n) is 12.8. The molecule has 1 aliphatic heterocycles. The Labute approximate surface area is 149 Å².